The van der Waals surface area contributed by atoms with Gasteiger partial charge in [-0.05, 0) is 86.0 Å². The monoisotopic (exact) mass is 329 g/mol. The zero-order chi connectivity index (χ0) is 17.1. The first-order valence-electron chi connectivity index (χ1n) is 9.67. The summed E-state index contributed by atoms with van der Waals surface area (Å²) >= 11 is 0. The highest BCUT2D eigenvalue weighted by molar-refractivity contribution is 5.99. The van der Waals surface area contributed by atoms with Crippen LogP contribution in [0.25, 0.3) is 0 Å². The molecule has 3 nitrogen and oxygen atoms in total. The molecule has 0 aromatic carbocycles. The van der Waals surface area contributed by atoms with Crippen molar-refractivity contribution in [2.24, 2.45) is 33.7 Å². The second-order valence-electron chi connectivity index (χ2n) is 9.15. The van der Waals surface area contributed by atoms with Gasteiger partial charge in [-0.25, -0.2) is 0 Å². The molecule has 0 saturated heterocycles. The number of oxime groups is 1. The lowest BCUT2D eigenvalue weighted by molar-refractivity contribution is -0.0280. The summed E-state index contributed by atoms with van der Waals surface area (Å²) in [4.78, 5) is 0. The number of aliphatic hydroxyl groups excluding tert-OH is 1. The van der Waals surface area contributed by atoms with E-state index < -0.39 is 0 Å². The van der Waals surface area contributed by atoms with Gasteiger partial charge in [-0.1, -0.05) is 36.7 Å². The van der Waals surface area contributed by atoms with E-state index in [2.05, 4.69) is 31.2 Å². The van der Waals surface area contributed by atoms with Gasteiger partial charge < -0.3 is 10.3 Å². The molecule has 6 atom stereocenters. The van der Waals surface area contributed by atoms with Crippen LogP contribution in [0.4, 0.5) is 0 Å². The average Bonchev–Trinajstić information content (AvgIpc) is 2.92. The minimum Gasteiger partial charge on any atom is -0.411 e. The van der Waals surface area contributed by atoms with Gasteiger partial charge in [0.25, 0.3) is 0 Å². The molecule has 2 fully saturated rings. The lowest BCUT2D eigenvalue weighted by Gasteiger charge is -2.57. The van der Waals surface area contributed by atoms with Crippen molar-refractivity contribution in [2.45, 2.75) is 71.8 Å². The van der Waals surface area contributed by atoms with E-state index in [1.165, 1.54) is 30.4 Å². The van der Waals surface area contributed by atoms with Gasteiger partial charge in [-0.3, -0.25) is 0 Å². The first-order valence-corrected chi connectivity index (χ1v) is 9.67. The summed E-state index contributed by atoms with van der Waals surface area (Å²) in [5.74, 6) is 2.15. The predicted octanol–water partition coefficient (Wildman–Crippen LogP) is 4.70. The number of fused-ring (bicyclic) bond motifs is 5. The summed E-state index contributed by atoms with van der Waals surface area (Å²) in [6.07, 6.45) is 12.4. The normalized spacial score (nSPS) is 48.1. The van der Waals surface area contributed by atoms with Crippen LogP contribution in [0.15, 0.2) is 28.5 Å². The van der Waals surface area contributed by atoms with Gasteiger partial charge in [-0.2, -0.15) is 0 Å². The summed E-state index contributed by atoms with van der Waals surface area (Å²) in [7, 11) is 0. The second-order valence-corrected chi connectivity index (χ2v) is 9.15. The van der Waals surface area contributed by atoms with Crippen molar-refractivity contribution in [1.29, 1.82) is 0 Å². The van der Waals surface area contributed by atoms with Crippen molar-refractivity contribution < 1.29 is 10.3 Å². The van der Waals surface area contributed by atoms with Gasteiger partial charge in [0.2, 0.25) is 0 Å². The van der Waals surface area contributed by atoms with E-state index in [1.807, 2.05) is 6.92 Å². The first-order chi connectivity index (χ1) is 11.4. The maximum absolute atomic E-state index is 10.1. The SMILES string of the molecule is C/C(=N\O)C1=CCC2C3CC=C4CC(O)CC[C@]4(C)C3CC[C@]12C. The molecular formula is C21H31NO2. The molecule has 0 spiro atoms. The van der Waals surface area contributed by atoms with Gasteiger partial charge in [0.05, 0.1) is 11.8 Å². The number of nitrogens with zero attached hydrogens (tertiary/aromatic N) is 1. The Morgan fingerprint density at radius 2 is 1.83 bits per heavy atom. The van der Waals surface area contributed by atoms with Crippen LogP contribution in [-0.2, 0) is 0 Å². The molecule has 0 bridgehead atoms. The van der Waals surface area contributed by atoms with E-state index in [9.17, 15) is 10.3 Å². The molecule has 0 aromatic heterocycles. The Balaban J connectivity index is 1.66. The Morgan fingerprint density at radius 1 is 1.08 bits per heavy atom. The third kappa shape index (κ3) is 2.09. The standard InChI is InChI=1S/C21H31NO2/c1-13(22-24)17-6-7-18-16-5-4-14-12-15(23)8-10-20(14,2)19(16)9-11-21(17,18)3/h4,6,15-16,18-19,23-24H,5,7-12H2,1-3H3/b22-13+/t15?,16?,18?,19?,20-,21+/m0/s1. The number of hydrogen-bond acceptors (Lipinski definition) is 3. The molecule has 132 valence electrons. The average molecular weight is 329 g/mol. The third-order valence-electron chi connectivity index (χ3n) is 8.20. The molecule has 4 aliphatic rings. The van der Waals surface area contributed by atoms with Crippen molar-refractivity contribution in [3.63, 3.8) is 0 Å². The zero-order valence-corrected chi connectivity index (χ0v) is 15.3. The maximum atomic E-state index is 10.1. The van der Waals surface area contributed by atoms with Crippen LogP contribution in [0.2, 0.25) is 0 Å². The molecule has 0 radical (unpaired) electrons. The van der Waals surface area contributed by atoms with Gasteiger partial charge in [0.15, 0.2) is 0 Å². The maximum Gasteiger partial charge on any atom is 0.0799 e. The molecule has 3 heteroatoms. The van der Waals surface area contributed by atoms with Crippen molar-refractivity contribution >= 4 is 5.71 Å². The van der Waals surface area contributed by atoms with Gasteiger partial charge in [0, 0.05) is 0 Å². The van der Waals surface area contributed by atoms with Crippen molar-refractivity contribution in [1.82, 2.24) is 0 Å². The molecule has 0 heterocycles. The van der Waals surface area contributed by atoms with Gasteiger partial charge >= 0.3 is 0 Å². The van der Waals surface area contributed by atoms with E-state index in [4.69, 9.17) is 0 Å². The molecule has 4 aliphatic carbocycles. The largest absolute Gasteiger partial charge is 0.411 e. The quantitative estimate of drug-likeness (QED) is 0.317. The molecule has 0 aliphatic heterocycles. The summed E-state index contributed by atoms with van der Waals surface area (Å²) < 4.78 is 0. The highest BCUT2D eigenvalue weighted by Gasteiger charge is 2.56. The van der Waals surface area contributed by atoms with E-state index >= 15 is 0 Å². The van der Waals surface area contributed by atoms with E-state index in [-0.39, 0.29) is 11.5 Å². The van der Waals surface area contributed by atoms with Crippen LogP contribution >= 0.6 is 0 Å². The van der Waals surface area contributed by atoms with Crippen molar-refractivity contribution in [3.8, 4) is 0 Å². The number of rotatable bonds is 1. The number of hydrogen-bond donors (Lipinski definition) is 2. The van der Waals surface area contributed by atoms with Crippen LogP contribution in [0.5, 0.6) is 0 Å². The lowest BCUT2D eigenvalue weighted by Crippen LogP contribution is -2.50. The fourth-order valence-electron chi connectivity index (χ4n) is 6.82. The predicted molar refractivity (Wildman–Crippen MR) is 96.1 cm³/mol. The molecule has 2 N–H and O–H groups in total. The van der Waals surface area contributed by atoms with E-state index in [0.717, 1.165) is 43.2 Å². The fraction of sp³-hybridized carbons (Fsp3) is 0.762. The number of aliphatic hydroxyl groups is 1. The topological polar surface area (TPSA) is 52.8 Å². The van der Waals surface area contributed by atoms with Crippen molar-refractivity contribution in [2.75, 3.05) is 0 Å². The Labute approximate surface area is 145 Å². The summed E-state index contributed by atoms with van der Waals surface area (Å²) in [6, 6.07) is 0. The third-order valence-corrected chi connectivity index (χ3v) is 8.20. The molecular weight excluding hydrogens is 298 g/mol. The Morgan fingerprint density at radius 3 is 2.58 bits per heavy atom. The highest BCUT2D eigenvalue weighted by atomic mass is 16.4. The fourth-order valence-corrected chi connectivity index (χ4v) is 6.82. The summed E-state index contributed by atoms with van der Waals surface area (Å²) in [5.41, 5.74) is 4.09. The number of allylic oxidation sites excluding steroid dienone is 3. The molecule has 0 aromatic rings. The van der Waals surface area contributed by atoms with Crippen LogP contribution in [0, 0.1) is 28.6 Å². The zero-order valence-electron chi connectivity index (χ0n) is 15.3. The van der Waals surface area contributed by atoms with Crippen LogP contribution < -0.4 is 0 Å². The van der Waals surface area contributed by atoms with Gasteiger partial charge in [-0.15, -0.1) is 0 Å². The Bertz CT molecular complexity index is 634. The molecule has 4 unspecified atom stereocenters. The first kappa shape index (κ1) is 16.4. The lowest BCUT2D eigenvalue weighted by atomic mass is 9.47. The van der Waals surface area contributed by atoms with Gasteiger partial charge in [0.1, 0.15) is 0 Å². The van der Waals surface area contributed by atoms with Crippen molar-refractivity contribution in [3.05, 3.63) is 23.3 Å². The second kappa shape index (κ2) is 5.45. The van der Waals surface area contributed by atoms with Crippen LogP contribution in [-0.4, -0.2) is 22.1 Å². The smallest absolute Gasteiger partial charge is 0.0799 e. The molecule has 2 saturated carbocycles. The summed E-state index contributed by atoms with van der Waals surface area (Å²) in [6.45, 7) is 6.80. The highest BCUT2D eigenvalue weighted by Crippen LogP contribution is 2.65. The van der Waals surface area contributed by atoms with Crippen LogP contribution in [0.1, 0.15) is 65.7 Å². The summed E-state index contributed by atoms with van der Waals surface area (Å²) in [5, 5.41) is 22.9. The Hall–Kier alpha value is -1.09. The van der Waals surface area contributed by atoms with Crippen LogP contribution in [0.3, 0.4) is 0 Å². The Kier molecular flexibility index (Phi) is 3.72. The molecule has 4 rings (SSSR count). The molecule has 0 amide bonds. The van der Waals surface area contributed by atoms with E-state index in [1.54, 1.807) is 0 Å². The van der Waals surface area contributed by atoms with E-state index in [0.29, 0.717) is 11.3 Å². The molecule has 24 heavy (non-hydrogen) atoms. The minimum absolute atomic E-state index is 0.127. The minimum atomic E-state index is -0.127.